The van der Waals surface area contributed by atoms with E-state index in [-0.39, 0.29) is 5.92 Å². The highest BCUT2D eigenvalue weighted by atomic mass is 16.5. The van der Waals surface area contributed by atoms with Gasteiger partial charge < -0.3 is 4.74 Å². The van der Waals surface area contributed by atoms with E-state index in [2.05, 4.69) is 6.07 Å². The van der Waals surface area contributed by atoms with Gasteiger partial charge in [0, 0.05) is 17.9 Å². The van der Waals surface area contributed by atoms with Crippen molar-refractivity contribution in [1.29, 1.82) is 0 Å². The molecule has 0 N–H and O–H groups in total. The number of methoxy groups -OCH3 is 1. The average molecular weight is 188 g/mol. The number of ether oxygens (including phenoxy) is 1. The molecule has 0 amide bonds. The van der Waals surface area contributed by atoms with Gasteiger partial charge in [0.2, 0.25) is 0 Å². The fourth-order valence-corrected chi connectivity index (χ4v) is 2.88. The molecule has 1 aromatic carbocycles. The fraction of sp³-hybridized carbons (Fsp3) is 0.417. The highest BCUT2D eigenvalue weighted by Gasteiger charge is 2.44. The summed E-state index contributed by atoms with van der Waals surface area (Å²) in [6.45, 7) is 0. The minimum Gasteiger partial charge on any atom is -0.496 e. The van der Waals surface area contributed by atoms with Crippen molar-refractivity contribution in [2.75, 3.05) is 7.11 Å². The molecule has 0 heterocycles. The first-order valence-corrected chi connectivity index (χ1v) is 5.00. The van der Waals surface area contributed by atoms with Crippen molar-refractivity contribution in [3.63, 3.8) is 0 Å². The Kier molecular flexibility index (Phi) is 1.49. The van der Waals surface area contributed by atoms with E-state index in [1.807, 2.05) is 12.1 Å². The molecule has 72 valence electrons. The Morgan fingerprint density at radius 3 is 3.07 bits per heavy atom. The van der Waals surface area contributed by atoms with Gasteiger partial charge in [-0.05, 0) is 24.0 Å². The molecule has 2 unspecified atom stereocenters. The summed E-state index contributed by atoms with van der Waals surface area (Å²) in [4.78, 5) is 11.6. The van der Waals surface area contributed by atoms with Gasteiger partial charge in [-0.15, -0.1) is 0 Å². The molecule has 2 bridgehead atoms. The number of Topliss-reactive ketones (excluding diaryl/α,β-unsaturated/α-hetero) is 1. The van der Waals surface area contributed by atoms with E-state index in [1.54, 1.807) is 7.11 Å². The molecule has 1 aromatic rings. The van der Waals surface area contributed by atoms with E-state index >= 15 is 0 Å². The number of fused-ring (bicyclic) bond motifs is 5. The second-order valence-corrected chi connectivity index (χ2v) is 4.12. The van der Waals surface area contributed by atoms with Crippen LogP contribution in [0.25, 0.3) is 0 Å². The van der Waals surface area contributed by atoms with Crippen LogP contribution >= 0.6 is 0 Å². The third-order valence-electron chi connectivity index (χ3n) is 3.46. The second-order valence-electron chi connectivity index (χ2n) is 4.12. The third kappa shape index (κ3) is 0.834. The zero-order valence-electron chi connectivity index (χ0n) is 8.12. The van der Waals surface area contributed by atoms with Gasteiger partial charge in [-0.25, -0.2) is 0 Å². The van der Waals surface area contributed by atoms with Crippen molar-refractivity contribution in [2.45, 2.75) is 24.7 Å². The van der Waals surface area contributed by atoms with Crippen LogP contribution in [0.5, 0.6) is 5.75 Å². The standard InChI is InChI=1S/C12H12O2/c1-14-11-4-2-3-8-9-5-7(12(8)11)6-10(9)13/h2-4,7,9H,5-6H2,1H3. The smallest absolute Gasteiger partial charge is 0.140 e. The molecule has 0 saturated heterocycles. The van der Waals surface area contributed by atoms with Crippen molar-refractivity contribution in [2.24, 2.45) is 0 Å². The second kappa shape index (κ2) is 2.59. The van der Waals surface area contributed by atoms with Gasteiger partial charge in [0.15, 0.2) is 0 Å². The summed E-state index contributed by atoms with van der Waals surface area (Å²) in [5.74, 6) is 1.97. The summed E-state index contributed by atoms with van der Waals surface area (Å²) < 4.78 is 5.33. The first-order valence-electron chi connectivity index (χ1n) is 5.00. The number of hydrogen-bond donors (Lipinski definition) is 0. The summed E-state index contributed by atoms with van der Waals surface area (Å²) in [5.41, 5.74) is 2.50. The number of carbonyl (C=O) groups excluding carboxylic acids is 1. The normalized spacial score (nSPS) is 27.9. The number of rotatable bonds is 1. The van der Waals surface area contributed by atoms with Crippen LogP contribution in [0, 0.1) is 0 Å². The van der Waals surface area contributed by atoms with Gasteiger partial charge in [0.1, 0.15) is 11.5 Å². The van der Waals surface area contributed by atoms with Crippen LogP contribution in [0.15, 0.2) is 18.2 Å². The largest absolute Gasteiger partial charge is 0.496 e. The first kappa shape index (κ1) is 8.04. The van der Waals surface area contributed by atoms with E-state index in [9.17, 15) is 4.79 Å². The molecule has 0 aliphatic heterocycles. The average Bonchev–Trinajstić information content (AvgIpc) is 2.74. The van der Waals surface area contributed by atoms with Gasteiger partial charge in [0.25, 0.3) is 0 Å². The lowest BCUT2D eigenvalue weighted by atomic mass is 9.90. The molecule has 0 radical (unpaired) electrons. The maximum atomic E-state index is 11.6. The van der Waals surface area contributed by atoms with Crippen LogP contribution in [-0.4, -0.2) is 12.9 Å². The molecule has 1 saturated carbocycles. The number of hydrogen-bond acceptors (Lipinski definition) is 2. The van der Waals surface area contributed by atoms with Crippen molar-refractivity contribution < 1.29 is 9.53 Å². The van der Waals surface area contributed by atoms with Gasteiger partial charge >= 0.3 is 0 Å². The van der Waals surface area contributed by atoms with Crippen molar-refractivity contribution in [3.05, 3.63) is 29.3 Å². The SMILES string of the molecule is COc1cccc2c1C1CC(=O)C2C1. The monoisotopic (exact) mass is 188 g/mol. The molecule has 2 aliphatic rings. The number of ketones is 1. The van der Waals surface area contributed by atoms with Gasteiger partial charge in [-0.2, -0.15) is 0 Å². The lowest BCUT2D eigenvalue weighted by Crippen LogP contribution is -2.09. The summed E-state index contributed by atoms with van der Waals surface area (Å²) in [5, 5.41) is 0. The first-order chi connectivity index (χ1) is 6.81. The van der Waals surface area contributed by atoms with E-state index < -0.39 is 0 Å². The Labute approximate surface area is 82.9 Å². The van der Waals surface area contributed by atoms with E-state index in [0.717, 1.165) is 18.6 Å². The zero-order chi connectivity index (χ0) is 9.71. The molecule has 2 nitrogen and oxygen atoms in total. The molecule has 14 heavy (non-hydrogen) atoms. The Morgan fingerprint density at radius 1 is 1.43 bits per heavy atom. The summed E-state index contributed by atoms with van der Waals surface area (Å²) in [6.07, 6.45) is 1.73. The van der Waals surface area contributed by atoms with Crippen LogP contribution in [0.4, 0.5) is 0 Å². The summed E-state index contributed by atoms with van der Waals surface area (Å²) >= 11 is 0. The Bertz CT molecular complexity index is 409. The van der Waals surface area contributed by atoms with Crippen molar-refractivity contribution in [1.82, 2.24) is 0 Å². The number of benzene rings is 1. The van der Waals surface area contributed by atoms with E-state index in [4.69, 9.17) is 4.74 Å². The zero-order valence-corrected chi connectivity index (χ0v) is 8.12. The molecule has 2 atom stereocenters. The highest BCUT2D eigenvalue weighted by Crippen LogP contribution is 2.53. The maximum Gasteiger partial charge on any atom is 0.140 e. The quantitative estimate of drug-likeness (QED) is 0.675. The predicted molar refractivity (Wildman–Crippen MR) is 52.7 cm³/mol. The van der Waals surface area contributed by atoms with Crippen LogP contribution in [0.3, 0.4) is 0 Å². The lowest BCUT2D eigenvalue weighted by molar-refractivity contribution is -0.118. The minimum atomic E-state index is 0.171. The van der Waals surface area contributed by atoms with E-state index in [0.29, 0.717) is 11.7 Å². The summed E-state index contributed by atoms with van der Waals surface area (Å²) in [6, 6.07) is 6.04. The number of carbonyl (C=O) groups is 1. The van der Waals surface area contributed by atoms with Crippen LogP contribution < -0.4 is 4.74 Å². The molecular formula is C12H12O2. The topological polar surface area (TPSA) is 26.3 Å². The highest BCUT2D eigenvalue weighted by molar-refractivity contribution is 5.92. The molecule has 2 heteroatoms. The lowest BCUT2D eigenvalue weighted by Gasteiger charge is -2.16. The minimum absolute atomic E-state index is 0.171. The third-order valence-corrected chi connectivity index (χ3v) is 3.46. The van der Waals surface area contributed by atoms with Gasteiger partial charge in [0.05, 0.1) is 7.11 Å². The van der Waals surface area contributed by atoms with E-state index in [1.165, 1.54) is 11.1 Å². The van der Waals surface area contributed by atoms with Crippen molar-refractivity contribution >= 4 is 5.78 Å². The van der Waals surface area contributed by atoms with Gasteiger partial charge in [-0.1, -0.05) is 12.1 Å². The Morgan fingerprint density at radius 2 is 2.29 bits per heavy atom. The molecule has 0 spiro atoms. The molecule has 1 fully saturated rings. The summed E-state index contributed by atoms with van der Waals surface area (Å²) in [7, 11) is 1.70. The molecule has 0 aromatic heterocycles. The van der Waals surface area contributed by atoms with Crippen molar-refractivity contribution in [3.8, 4) is 5.75 Å². The van der Waals surface area contributed by atoms with Crippen LogP contribution in [-0.2, 0) is 4.79 Å². The Balaban J connectivity index is 2.20. The predicted octanol–water partition coefficient (Wildman–Crippen LogP) is 2.24. The van der Waals surface area contributed by atoms with Crippen LogP contribution in [0.1, 0.15) is 35.8 Å². The van der Waals surface area contributed by atoms with Gasteiger partial charge in [-0.3, -0.25) is 4.79 Å². The Hall–Kier alpha value is -1.31. The fourth-order valence-electron chi connectivity index (χ4n) is 2.88. The maximum absolute atomic E-state index is 11.6. The molecule has 2 aliphatic carbocycles. The molecular weight excluding hydrogens is 176 g/mol. The van der Waals surface area contributed by atoms with Crippen LogP contribution in [0.2, 0.25) is 0 Å². The molecule has 3 rings (SSSR count).